The highest BCUT2D eigenvalue weighted by Crippen LogP contribution is 2.21. The van der Waals surface area contributed by atoms with Crippen LogP contribution in [0.2, 0.25) is 0 Å². The Morgan fingerprint density at radius 2 is 1.96 bits per heavy atom. The van der Waals surface area contributed by atoms with Crippen molar-refractivity contribution in [2.75, 3.05) is 26.7 Å². The van der Waals surface area contributed by atoms with Crippen LogP contribution >= 0.6 is 24.0 Å². The van der Waals surface area contributed by atoms with Crippen LogP contribution in [-0.4, -0.2) is 55.3 Å². The summed E-state index contributed by atoms with van der Waals surface area (Å²) in [6.07, 6.45) is 3.04. The van der Waals surface area contributed by atoms with Gasteiger partial charge in [0.1, 0.15) is 5.60 Å². The number of piperidine rings is 1. The van der Waals surface area contributed by atoms with Gasteiger partial charge < -0.3 is 20.3 Å². The normalized spacial score (nSPS) is 19.6. The second-order valence-electron chi connectivity index (χ2n) is 8.40. The lowest BCUT2D eigenvalue weighted by atomic mass is 9.95. The highest BCUT2D eigenvalue weighted by molar-refractivity contribution is 14.0. The molecular weight excluding hydrogens is 443 g/mol. The lowest BCUT2D eigenvalue weighted by molar-refractivity contribution is 0.0162. The molecule has 1 rings (SSSR count). The monoisotopic (exact) mass is 482 g/mol. The van der Waals surface area contributed by atoms with Gasteiger partial charge in [-0.3, -0.25) is 4.99 Å². The summed E-state index contributed by atoms with van der Waals surface area (Å²) < 4.78 is 5.49. The molecule has 1 aliphatic rings. The second kappa shape index (κ2) is 11.9. The predicted molar refractivity (Wildman–Crippen MR) is 119 cm³/mol. The molecule has 0 bridgehead atoms. The van der Waals surface area contributed by atoms with Crippen molar-refractivity contribution >= 4 is 36.0 Å². The Morgan fingerprint density at radius 3 is 2.50 bits per heavy atom. The lowest BCUT2D eigenvalue weighted by Crippen LogP contribution is -2.46. The Hall–Kier alpha value is -0.730. The number of nitrogens with one attached hydrogen (secondary N) is 2. The molecule has 2 N–H and O–H groups in total. The summed E-state index contributed by atoms with van der Waals surface area (Å²) in [5.41, 5.74) is -0.434. The van der Waals surface area contributed by atoms with Gasteiger partial charge in [0.25, 0.3) is 0 Å². The maximum Gasteiger partial charge on any atom is 0.410 e. The Balaban J connectivity index is 0.00000625. The number of nitrogens with zero attached hydrogens (tertiary/aromatic N) is 2. The molecule has 154 valence electrons. The summed E-state index contributed by atoms with van der Waals surface area (Å²) in [6, 6.07) is 0.378. The average molecular weight is 482 g/mol. The molecular formula is C19H39IN4O2. The number of guanidine groups is 1. The molecule has 1 amide bonds. The molecule has 2 unspecified atom stereocenters. The van der Waals surface area contributed by atoms with Gasteiger partial charge in [-0.25, -0.2) is 4.79 Å². The van der Waals surface area contributed by atoms with Crippen LogP contribution in [0.1, 0.15) is 60.8 Å². The number of carbonyl (C=O) groups is 1. The van der Waals surface area contributed by atoms with E-state index in [1.807, 2.05) is 25.7 Å². The molecule has 0 saturated carbocycles. The highest BCUT2D eigenvalue weighted by Gasteiger charge is 2.27. The van der Waals surface area contributed by atoms with Gasteiger partial charge in [0.15, 0.2) is 5.96 Å². The summed E-state index contributed by atoms with van der Waals surface area (Å²) in [6.45, 7) is 14.7. The zero-order valence-electron chi connectivity index (χ0n) is 17.6. The zero-order chi connectivity index (χ0) is 19.0. The summed E-state index contributed by atoms with van der Waals surface area (Å²) in [5, 5.41) is 6.80. The number of hydrogen-bond acceptors (Lipinski definition) is 3. The molecule has 1 saturated heterocycles. The average Bonchev–Trinajstić information content (AvgIpc) is 2.52. The largest absolute Gasteiger partial charge is 0.444 e. The fourth-order valence-electron chi connectivity index (χ4n) is 2.76. The third-order valence-electron chi connectivity index (χ3n) is 4.60. The molecule has 26 heavy (non-hydrogen) atoms. The van der Waals surface area contributed by atoms with Crippen LogP contribution in [0.15, 0.2) is 4.99 Å². The summed E-state index contributed by atoms with van der Waals surface area (Å²) >= 11 is 0. The number of carbonyl (C=O) groups excluding carboxylic acids is 1. The van der Waals surface area contributed by atoms with E-state index in [2.05, 4.69) is 36.4 Å². The van der Waals surface area contributed by atoms with Crippen LogP contribution in [0, 0.1) is 11.8 Å². The first-order valence-electron chi connectivity index (χ1n) is 9.57. The van der Waals surface area contributed by atoms with Crippen LogP contribution in [0.4, 0.5) is 4.79 Å². The van der Waals surface area contributed by atoms with E-state index < -0.39 is 5.60 Å². The van der Waals surface area contributed by atoms with Gasteiger partial charge in [-0.05, 0) is 58.8 Å². The van der Waals surface area contributed by atoms with Crippen LogP contribution in [-0.2, 0) is 4.74 Å². The minimum Gasteiger partial charge on any atom is -0.444 e. The summed E-state index contributed by atoms with van der Waals surface area (Å²) in [5.74, 6) is 1.91. The molecule has 0 aromatic rings. The maximum absolute atomic E-state index is 12.2. The van der Waals surface area contributed by atoms with Crippen molar-refractivity contribution in [1.29, 1.82) is 0 Å². The molecule has 0 aliphatic carbocycles. The number of ether oxygens (including phenoxy) is 1. The van der Waals surface area contributed by atoms with Gasteiger partial charge in [-0.15, -0.1) is 24.0 Å². The van der Waals surface area contributed by atoms with Gasteiger partial charge in [-0.2, -0.15) is 0 Å². The predicted octanol–water partition coefficient (Wildman–Crippen LogP) is 3.85. The summed E-state index contributed by atoms with van der Waals surface area (Å²) in [4.78, 5) is 18.4. The topological polar surface area (TPSA) is 66.0 Å². The molecule has 1 aliphatic heterocycles. The minimum absolute atomic E-state index is 0. The van der Waals surface area contributed by atoms with Gasteiger partial charge in [0.2, 0.25) is 0 Å². The molecule has 0 spiro atoms. The van der Waals surface area contributed by atoms with E-state index in [0.29, 0.717) is 17.9 Å². The SMILES string of the molecule is CN=C(NCCC1CCCN(C(=O)OC(C)(C)C)C1)NC(C)C(C)C.I. The number of amides is 1. The standard InChI is InChI=1S/C19H38N4O2.HI/c1-14(2)15(3)22-17(20-7)21-11-10-16-9-8-12-23(13-16)18(24)25-19(4,5)6;/h14-16H,8-13H2,1-7H3,(H2,20,21,22);1H. The number of likely N-dealkylation sites (tertiary alicyclic amines) is 1. The third kappa shape index (κ3) is 9.83. The minimum atomic E-state index is -0.434. The zero-order valence-corrected chi connectivity index (χ0v) is 19.9. The van der Waals surface area contributed by atoms with E-state index >= 15 is 0 Å². The second-order valence-corrected chi connectivity index (χ2v) is 8.40. The van der Waals surface area contributed by atoms with Crippen LogP contribution in [0.25, 0.3) is 0 Å². The van der Waals surface area contributed by atoms with Crippen molar-refractivity contribution < 1.29 is 9.53 Å². The van der Waals surface area contributed by atoms with Crippen LogP contribution in [0.3, 0.4) is 0 Å². The maximum atomic E-state index is 12.2. The Morgan fingerprint density at radius 1 is 1.31 bits per heavy atom. The third-order valence-corrected chi connectivity index (χ3v) is 4.60. The van der Waals surface area contributed by atoms with Crippen molar-refractivity contribution in [3.05, 3.63) is 0 Å². The first-order valence-corrected chi connectivity index (χ1v) is 9.57. The molecule has 2 atom stereocenters. The van der Waals surface area contributed by atoms with E-state index in [-0.39, 0.29) is 30.1 Å². The van der Waals surface area contributed by atoms with E-state index in [0.717, 1.165) is 44.9 Å². The van der Waals surface area contributed by atoms with E-state index in [1.165, 1.54) is 0 Å². The number of halogens is 1. The fourth-order valence-corrected chi connectivity index (χ4v) is 2.76. The van der Waals surface area contributed by atoms with Crippen molar-refractivity contribution in [1.82, 2.24) is 15.5 Å². The number of hydrogen-bond donors (Lipinski definition) is 2. The first-order chi connectivity index (χ1) is 11.6. The molecule has 7 heteroatoms. The van der Waals surface area contributed by atoms with Crippen LogP contribution < -0.4 is 10.6 Å². The van der Waals surface area contributed by atoms with Gasteiger partial charge in [-0.1, -0.05) is 13.8 Å². The highest BCUT2D eigenvalue weighted by atomic mass is 127. The van der Waals surface area contributed by atoms with Gasteiger partial charge in [0.05, 0.1) is 0 Å². The molecule has 1 fully saturated rings. The molecule has 6 nitrogen and oxygen atoms in total. The summed E-state index contributed by atoms with van der Waals surface area (Å²) in [7, 11) is 1.80. The lowest BCUT2D eigenvalue weighted by Gasteiger charge is -2.34. The molecule has 0 aromatic carbocycles. The van der Waals surface area contributed by atoms with Gasteiger partial charge >= 0.3 is 6.09 Å². The first kappa shape index (κ1) is 25.3. The van der Waals surface area contributed by atoms with Crippen molar-refractivity contribution in [3.8, 4) is 0 Å². The quantitative estimate of drug-likeness (QED) is 0.355. The Kier molecular flexibility index (Phi) is 11.5. The van der Waals surface area contributed by atoms with E-state index in [4.69, 9.17) is 4.74 Å². The van der Waals surface area contributed by atoms with E-state index in [9.17, 15) is 4.79 Å². The Labute approximate surface area is 176 Å². The smallest absolute Gasteiger partial charge is 0.410 e. The van der Waals surface area contributed by atoms with Crippen molar-refractivity contribution in [2.24, 2.45) is 16.8 Å². The molecule has 0 aromatic heterocycles. The van der Waals surface area contributed by atoms with Crippen molar-refractivity contribution in [3.63, 3.8) is 0 Å². The van der Waals surface area contributed by atoms with E-state index in [1.54, 1.807) is 7.05 Å². The van der Waals surface area contributed by atoms with Crippen LogP contribution in [0.5, 0.6) is 0 Å². The molecule has 1 heterocycles. The fraction of sp³-hybridized carbons (Fsp3) is 0.895. The number of rotatable bonds is 5. The van der Waals surface area contributed by atoms with Crippen molar-refractivity contribution in [2.45, 2.75) is 72.4 Å². The Bertz CT molecular complexity index is 449. The molecule has 0 radical (unpaired) electrons. The number of aliphatic imine (C=N–C) groups is 1. The van der Waals surface area contributed by atoms with Gasteiger partial charge in [0, 0.05) is 32.7 Å².